The van der Waals surface area contributed by atoms with Crippen LogP contribution in [0.2, 0.25) is 0 Å². The van der Waals surface area contributed by atoms with Crippen LogP contribution in [0.25, 0.3) is 11.0 Å². The Balaban J connectivity index is 1.70. The number of Topliss-reactive ketones (excluding diaryl/α,β-unsaturated/α-hetero) is 1. The number of ketones is 1. The minimum absolute atomic E-state index is 0.0158. The Bertz CT molecular complexity index is 1190. The molecule has 0 bridgehead atoms. The van der Waals surface area contributed by atoms with Crippen molar-refractivity contribution in [3.05, 3.63) is 69.1 Å². The van der Waals surface area contributed by atoms with E-state index >= 15 is 0 Å². The molecule has 0 saturated carbocycles. The van der Waals surface area contributed by atoms with Gasteiger partial charge in [0.15, 0.2) is 5.78 Å². The number of benzene rings is 2. The van der Waals surface area contributed by atoms with Gasteiger partial charge in [-0.1, -0.05) is 0 Å². The molecule has 0 aliphatic rings. The molecule has 0 aliphatic heterocycles. The van der Waals surface area contributed by atoms with Gasteiger partial charge in [0.1, 0.15) is 23.7 Å². The quantitative estimate of drug-likeness (QED) is 0.307. The van der Waals surface area contributed by atoms with Gasteiger partial charge in [-0.25, -0.2) is 4.79 Å². The number of hydrogen-bond donors (Lipinski definition) is 0. The smallest absolute Gasteiger partial charge is 0.339 e. The molecule has 2 aromatic carbocycles. The molecule has 0 amide bonds. The third-order valence-electron chi connectivity index (χ3n) is 5.15. The largest absolute Gasteiger partial charge is 0.497 e. The standard InChI is InChI=1S/C24H24O7/c1-14-19-7-6-18(28-3)12-22(19)31-24(27)20(14)8-10-23(26)30-13-17-11-16(15(2)25)5-9-21(17)29-4/h5-7,9,11-12H,8,10,13H2,1-4H3. The van der Waals surface area contributed by atoms with E-state index in [4.69, 9.17) is 18.6 Å². The van der Waals surface area contributed by atoms with Crippen LogP contribution >= 0.6 is 0 Å². The molecule has 7 nitrogen and oxygen atoms in total. The topological polar surface area (TPSA) is 92.0 Å². The average Bonchev–Trinajstić information content (AvgIpc) is 2.76. The van der Waals surface area contributed by atoms with Crippen molar-refractivity contribution in [2.45, 2.75) is 33.3 Å². The number of fused-ring (bicyclic) bond motifs is 1. The maximum Gasteiger partial charge on any atom is 0.339 e. The van der Waals surface area contributed by atoms with Crippen LogP contribution in [-0.4, -0.2) is 26.0 Å². The number of esters is 1. The van der Waals surface area contributed by atoms with Gasteiger partial charge in [-0.15, -0.1) is 0 Å². The van der Waals surface area contributed by atoms with Gasteiger partial charge >= 0.3 is 11.6 Å². The fourth-order valence-electron chi connectivity index (χ4n) is 3.36. The molecule has 0 spiro atoms. The Hall–Kier alpha value is -3.61. The summed E-state index contributed by atoms with van der Waals surface area (Å²) in [5.41, 5.74) is 2.25. The van der Waals surface area contributed by atoms with Gasteiger partial charge in [0.05, 0.1) is 14.2 Å². The van der Waals surface area contributed by atoms with Crippen LogP contribution in [0.4, 0.5) is 0 Å². The summed E-state index contributed by atoms with van der Waals surface area (Å²) in [5, 5.41) is 0.787. The van der Waals surface area contributed by atoms with Gasteiger partial charge in [0.25, 0.3) is 0 Å². The fourth-order valence-corrected chi connectivity index (χ4v) is 3.36. The predicted molar refractivity (Wildman–Crippen MR) is 115 cm³/mol. The van der Waals surface area contributed by atoms with Crippen molar-refractivity contribution in [3.63, 3.8) is 0 Å². The SMILES string of the molecule is COc1ccc2c(C)c(CCC(=O)OCc3cc(C(C)=O)ccc3OC)c(=O)oc2c1. The Morgan fingerprint density at radius 2 is 1.81 bits per heavy atom. The predicted octanol–water partition coefficient (Wildman–Crippen LogP) is 4.00. The summed E-state index contributed by atoms with van der Waals surface area (Å²) < 4.78 is 21.2. The van der Waals surface area contributed by atoms with E-state index in [1.54, 1.807) is 30.3 Å². The van der Waals surface area contributed by atoms with Crippen LogP contribution in [0, 0.1) is 6.92 Å². The normalized spacial score (nSPS) is 10.7. The lowest BCUT2D eigenvalue weighted by molar-refractivity contribution is -0.144. The second kappa shape index (κ2) is 9.47. The van der Waals surface area contributed by atoms with Gasteiger partial charge in [-0.3, -0.25) is 9.59 Å². The van der Waals surface area contributed by atoms with E-state index in [0.29, 0.717) is 33.8 Å². The number of methoxy groups -OCH3 is 2. The molecular formula is C24H24O7. The van der Waals surface area contributed by atoms with Crippen molar-refractivity contribution >= 4 is 22.7 Å². The number of ether oxygens (including phenoxy) is 3. The molecule has 3 rings (SSSR count). The molecule has 0 unspecified atom stereocenters. The van der Waals surface area contributed by atoms with Crippen molar-refractivity contribution in [1.82, 2.24) is 0 Å². The van der Waals surface area contributed by atoms with E-state index in [0.717, 1.165) is 10.9 Å². The summed E-state index contributed by atoms with van der Waals surface area (Å²) in [5.74, 6) is 0.560. The molecule has 7 heteroatoms. The van der Waals surface area contributed by atoms with E-state index < -0.39 is 11.6 Å². The Morgan fingerprint density at radius 1 is 1.03 bits per heavy atom. The third kappa shape index (κ3) is 4.94. The zero-order chi connectivity index (χ0) is 22.5. The summed E-state index contributed by atoms with van der Waals surface area (Å²) in [6, 6.07) is 10.2. The first-order valence-electron chi connectivity index (χ1n) is 9.77. The second-order valence-corrected chi connectivity index (χ2v) is 7.10. The van der Waals surface area contributed by atoms with E-state index in [2.05, 4.69) is 0 Å². The number of hydrogen-bond acceptors (Lipinski definition) is 7. The highest BCUT2D eigenvalue weighted by atomic mass is 16.5. The molecule has 31 heavy (non-hydrogen) atoms. The molecule has 162 valence electrons. The highest BCUT2D eigenvalue weighted by Crippen LogP contribution is 2.25. The van der Waals surface area contributed by atoms with E-state index in [1.165, 1.54) is 21.1 Å². The zero-order valence-corrected chi connectivity index (χ0v) is 17.9. The van der Waals surface area contributed by atoms with Gasteiger partial charge in [0.2, 0.25) is 0 Å². The van der Waals surface area contributed by atoms with Crippen molar-refractivity contribution in [2.24, 2.45) is 0 Å². The van der Waals surface area contributed by atoms with Crippen LogP contribution in [0.1, 0.15) is 40.4 Å². The Morgan fingerprint density at radius 3 is 2.48 bits per heavy atom. The second-order valence-electron chi connectivity index (χ2n) is 7.10. The summed E-state index contributed by atoms with van der Waals surface area (Å²) >= 11 is 0. The van der Waals surface area contributed by atoms with Crippen molar-refractivity contribution in [1.29, 1.82) is 0 Å². The van der Waals surface area contributed by atoms with Gasteiger partial charge in [0, 0.05) is 34.6 Å². The maximum atomic E-state index is 12.4. The summed E-state index contributed by atoms with van der Waals surface area (Å²) in [6.45, 7) is 3.25. The van der Waals surface area contributed by atoms with Crippen LogP contribution in [-0.2, 0) is 22.6 Å². The summed E-state index contributed by atoms with van der Waals surface area (Å²) in [4.78, 5) is 36.3. The van der Waals surface area contributed by atoms with Crippen LogP contribution < -0.4 is 15.1 Å². The van der Waals surface area contributed by atoms with Crippen LogP contribution in [0.3, 0.4) is 0 Å². The molecule has 0 N–H and O–H groups in total. The molecule has 0 radical (unpaired) electrons. The van der Waals surface area contributed by atoms with Gasteiger partial charge in [-0.05, 0) is 56.2 Å². The molecular weight excluding hydrogens is 400 g/mol. The van der Waals surface area contributed by atoms with E-state index in [-0.39, 0.29) is 25.2 Å². The van der Waals surface area contributed by atoms with Crippen molar-refractivity contribution in [2.75, 3.05) is 14.2 Å². The Kier molecular flexibility index (Phi) is 6.74. The van der Waals surface area contributed by atoms with Crippen molar-refractivity contribution in [3.8, 4) is 11.5 Å². The number of rotatable bonds is 8. The molecule has 0 saturated heterocycles. The lowest BCUT2D eigenvalue weighted by Crippen LogP contribution is -2.14. The fraction of sp³-hybridized carbons (Fsp3) is 0.292. The zero-order valence-electron chi connectivity index (χ0n) is 17.9. The molecule has 1 aromatic heterocycles. The van der Waals surface area contributed by atoms with Gasteiger partial charge in [-0.2, -0.15) is 0 Å². The minimum atomic E-state index is -0.484. The summed E-state index contributed by atoms with van der Waals surface area (Å²) in [6.07, 6.45) is 0.210. The Labute approximate surface area is 179 Å². The molecule has 0 aliphatic carbocycles. The van der Waals surface area contributed by atoms with Crippen LogP contribution in [0.15, 0.2) is 45.6 Å². The highest BCUT2D eigenvalue weighted by Gasteiger charge is 2.15. The van der Waals surface area contributed by atoms with E-state index in [1.807, 2.05) is 13.0 Å². The van der Waals surface area contributed by atoms with E-state index in [9.17, 15) is 14.4 Å². The third-order valence-corrected chi connectivity index (χ3v) is 5.15. The first-order chi connectivity index (χ1) is 14.8. The lowest BCUT2D eigenvalue weighted by Gasteiger charge is -2.11. The average molecular weight is 424 g/mol. The van der Waals surface area contributed by atoms with Gasteiger partial charge < -0.3 is 18.6 Å². The first-order valence-corrected chi connectivity index (χ1v) is 9.77. The number of carbonyl (C=O) groups excluding carboxylic acids is 2. The molecule has 3 aromatic rings. The molecule has 1 heterocycles. The number of aryl methyl sites for hydroxylation is 1. The highest BCUT2D eigenvalue weighted by molar-refractivity contribution is 5.94. The lowest BCUT2D eigenvalue weighted by atomic mass is 10.0. The van der Waals surface area contributed by atoms with Crippen LogP contribution in [0.5, 0.6) is 11.5 Å². The van der Waals surface area contributed by atoms with Crippen molar-refractivity contribution < 1.29 is 28.2 Å². The monoisotopic (exact) mass is 424 g/mol. The molecule has 0 fully saturated rings. The maximum absolute atomic E-state index is 12.4. The minimum Gasteiger partial charge on any atom is -0.497 e. The molecule has 0 atom stereocenters. The number of carbonyl (C=O) groups is 2. The first kappa shape index (κ1) is 22.1. The summed E-state index contributed by atoms with van der Waals surface area (Å²) in [7, 11) is 3.05.